The number of alkyl halides is 1. The van der Waals surface area contributed by atoms with Gasteiger partial charge in [0.2, 0.25) is 0 Å². The molecule has 0 saturated carbocycles. The van der Waals surface area contributed by atoms with Crippen LogP contribution in [0.25, 0.3) is 0 Å². The van der Waals surface area contributed by atoms with E-state index in [1.165, 1.54) is 12.1 Å². The van der Waals surface area contributed by atoms with Crippen LogP contribution in [-0.2, 0) is 0 Å². The average molecular weight is 286 g/mol. The Morgan fingerprint density at radius 3 is 2.69 bits per heavy atom. The molecule has 1 aromatic carbocycles. The first-order valence-electron chi connectivity index (χ1n) is 3.30. The molecule has 0 spiro atoms. The van der Waals surface area contributed by atoms with Gasteiger partial charge in [-0.3, -0.25) is 4.79 Å². The zero-order valence-electron chi connectivity index (χ0n) is 6.28. The molecule has 0 amide bonds. The summed E-state index contributed by atoms with van der Waals surface area (Å²) in [5, 5.41) is -0.194. The molecule has 0 radical (unpaired) electrons. The summed E-state index contributed by atoms with van der Waals surface area (Å²) < 4.78 is 13.3. The predicted octanol–water partition coefficient (Wildman–Crippen LogP) is 3.66. The monoisotopic (exact) mass is 284 g/mol. The molecule has 0 aliphatic rings. The van der Waals surface area contributed by atoms with E-state index in [2.05, 4.69) is 15.9 Å². The quantitative estimate of drug-likeness (QED) is 0.460. The van der Waals surface area contributed by atoms with Crippen molar-refractivity contribution in [1.29, 1.82) is 0 Å². The zero-order valence-corrected chi connectivity index (χ0v) is 9.38. The fourth-order valence-electron chi connectivity index (χ4n) is 0.813. The van der Waals surface area contributed by atoms with Crippen LogP contribution >= 0.6 is 39.1 Å². The zero-order chi connectivity index (χ0) is 10.0. The third-order valence-electron chi connectivity index (χ3n) is 1.46. The van der Waals surface area contributed by atoms with Crippen molar-refractivity contribution in [2.45, 2.75) is 0 Å². The second kappa shape index (κ2) is 4.40. The lowest BCUT2D eigenvalue weighted by atomic mass is 10.1. The third kappa shape index (κ3) is 2.22. The van der Waals surface area contributed by atoms with E-state index in [0.717, 1.165) is 0 Å². The van der Waals surface area contributed by atoms with Gasteiger partial charge in [0.25, 0.3) is 0 Å². The topological polar surface area (TPSA) is 17.1 Å². The van der Waals surface area contributed by atoms with Crippen molar-refractivity contribution in [1.82, 2.24) is 0 Å². The minimum Gasteiger partial charge on any atom is -0.293 e. The van der Waals surface area contributed by atoms with Crippen molar-refractivity contribution in [2.24, 2.45) is 0 Å². The van der Waals surface area contributed by atoms with Crippen molar-refractivity contribution >= 4 is 44.9 Å². The number of halogens is 4. The number of benzene rings is 1. The summed E-state index contributed by atoms with van der Waals surface area (Å²) in [7, 11) is 0. The Bertz CT molecular complexity index is 354. The van der Waals surface area contributed by atoms with Crippen LogP contribution in [0.2, 0.25) is 5.02 Å². The Morgan fingerprint density at radius 1 is 1.54 bits per heavy atom. The van der Waals surface area contributed by atoms with Gasteiger partial charge in [0.05, 0.1) is 15.4 Å². The van der Waals surface area contributed by atoms with E-state index in [-0.39, 0.29) is 20.9 Å². The van der Waals surface area contributed by atoms with E-state index in [1.54, 1.807) is 0 Å². The summed E-state index contributed by atoms with van der Waals surface area (Å²) in [4.78, 5) is 11.1. The minimum absolute atomic E-state index is 0.109. The van der Waals surface area contributed by atoms with Gasteiger partial charge in [0.1, 0.15) is 0 Å². The Labute approximate surface area is 93.0 Å². The molecule has 0 heterocycles. The molecule has 0 aliphatic heterocycles. The van der Waals surface area contributed by atoms with Gasteiger partial charge in [0, 0.05) is 5.56 Å². The van der Waals surface area contributed by atoms with Crippen molar-refractivity contribution in [3.63, 3.8) is 0 Å². The number of carbonyl (C=O) groups is 1. The molecule has 5 heteroatoms. The second-order valence-electron chi connectivity index (χ2n) is 2.28. The largest absolute Gasteiger partial charge is 0.293 e. The van der Waals surface area contributed by atoms with Crippen molar-refractivity contribution in [2.75, 3.05) is 5.88 Å². The summed E-state index contributed by atoms with van der Waals surface area (Å²) in [6.07, 6.45) is 0. The lowest BCUT2D eigenvalue weighted by Crippen LogP contribution is -2.02. The summed E-state index contributed by atoms with van der Waals surface area (Å²) >= 11 is 13.8. The molecular weight excluding hydrogens is 282 g/mol. The molecule has 0 N–H and O–H groups in total. The molecule has 1 rings (SSSR count). The molecule has 0 saturated heterocycles. The fraction of sp³-hybridized carbons (Fsp3) is 0.125. The summed E-state index contributed by atoms with van der Waals surface area (Å²) in [5.41, 5.74) is 0.109. The number of rotatable bonds is 2. The van der Waals surface area contributed by atoms with Gasteiger partial charge in [-0.1, -0.05) is 11.6 Å². The van der Waals surface area contributed by atoms with Crippen LogP contribution < -0.4 is 0 Å². The van der Waals surface area contributed by atoms with E-state index in [4.69, 9.17) is 23.2 Å². The Kier molecular flexibility index (Phi) is 3.71. The fourth-order valence-corrected chi connectivity index (χ4v) is 1.67. The molecule has 0 atom stereocenters. The molecule has 0 aliphatic carbocycles. The van der Waals surface area contributed by atoms with Gasteiger partial charge in [-0.05, 0) is 28.1 Å². The highest BCUT2D eigenvalue weighted by molar-refractivity contribution is 9.10. The molecule has 0 fully saturated rings. The predicted molar refractivity (Wildman–Crippen MR) is 54.2 cm³/mol. The van der Waals surface area contributed by atoms with E-state index in [0.29, 0.717) is 0 Å². The number of hydrogen-bond acceptors (Lipinski definition) is 1. The Morgan fingerprint density at radius 2 is 2.15 bits per heavy atom. The van der Waals surface area contributed by atoms with Gasteiger partial charge in [0.15, 0.2) is 11.6 Å². The smallest absolute Gasteiger partial charge is 0.179 e. The molecule has 0 bridgehead atoms. The molecule has 70 valence electrons. The minimum atomic E-state index is -0.641. The second-order valence-corrected chi connectivity index (χ2v) is 3.78. The first-order valence-corrected chi connectivity index (χ1v) is 5.01. The van der Waals surface area contributed by atoms with Crippen LogP contribution in [0.1, 0.15) is 10.4 Å². The third-order valence-corrected chi connectivity index (χ3v) is 2.68. The van der Waals surface area contributed by atoms with Crippen molar-refractivity contribution < 1.29 is 9.18 Å². The van der Waals surface area contributed by atoms with E-state index in [1.807, 2.05) is 0 Å². The number of hydrogen-bond donors (Lipinski definition) is 0. The van der Waals surface area contributed by atoms with E-state index >= 15 is 0 Å². The molecule has 0 aromatic heterocycles. The first-order chi connectivity index (χ1) is 6.07. The number of carbonyl (C=O) groups excluding carboxylic acids is 1. The Balaban J connectivity index is 3.26. The van der Waals surface area contributed by atoms with Crippen LogP contribution in [0.5, 0.6) is 0 Å². The average Bonchev–Trinajstić information content (AvgIpc) is 2.13. The van der Waals surface area contributed by atoms with E-state index in [9.17, 15) is 9.18 Å². The lowest BCUT2D eigenvalue weighted by molar-refractivity contribution is 0.102. The highest BCUT2D eigenvalue weighted by Gasteiger charge is 2.14. The summed E-state index contributed by atoms with van der Waals surface area (Å²) in [6.45, 7) is 0. The number of ketones is 1. The first kappa shape index (κ1) is 11.0. The molecular formula is C8H4BrCl2FO. The van der Waals surface area contributed by atoms with Gasteiger partial charge >= 0.3 is 0 Å². The standard InChI is InChI=1S/C8H4BrCl2FO/c9-5-2-1-4(6(13)3-10)7(11)8(5)12/h1-2H,3H2. The van der Waals surface area contributed by atoms with Crippen molar-refractivity contribution in [3.8, 4) is 0 Å². The highest BCUT2D eigenvalue weighted by atomic mass is 79.9. The summed E-state index contributed by atoms with van der Waals surface area (Å²) in [5.74, 6) is -1.24. The van der Waals surface area contributed by atoms with Crippen LogP contribution in [0.3, 0.4) is 0 Å². The van der Waals surface area contributed by atoms with Crippen LogP contribution in [0.4, 0.5) is 4.39 Å². The van der Waals surface area contributed by atoms with Crippen molar-refractivity contribution in [3.05, 3.63) is 33.0 Å². The lowest BCUT2D eigenvalue weighted by Gasteiger charge is -2.02. The van der Waals surface area contributed by atoms with Gasteiger partial charge in [-0.25, -0.2) is 4.39 Å². The maximum absolute atomic E-state index is 13.1. The Hall–Kier alpha value is -0.120. The molecule has 13 heavy (non-hydrogen) atoms. The maximum atomic E-state index is 13.1. The summed E-state index contributed by atoms with van der Waals surface area (Å²) in [6, 6.07) is 2.85. The van der Waals surface area contributed by atoms with Gasteiger partial charge in [-0.15, -0.1) is 11.6 Å². The van der Waals surface area contributed by atoms with Crippen LogP contribution in [-0.4, -0.2) is 11.7 Å². The number of Topliss-reactive ketones (excluding diaryl/α,β-unsaturated/α-hetero) is 1. The molecule has 0 unspecified atom stereocenters. The van der Waals surface area contributed by atoms with Crippen LogP contribution in [0.15, 0.2) is 16.6 Å². The van der Waals surface area contributed by atoms with E-state index < -0.39 is 11.6 Å². The van der Waals surface area contributed by atoms with Gasteiger partial charge < -0.3 is 0 Å². The van der Waals surface area contributed by atoms with Crippen LogP contribution in [0, 0.1) is 5.82 Å². The molecule has 1 nitrogen and oxygen atoms in total. The molecule has 1 aromatic rings. The normalized spacial score (nSPS) is 10.2. The SMILES string of the molecule is O=C(CCl)c1ccc(Br)c(F)c1Cl. The maximum Gasteiger partial charge on any atom is 0.179 e. The highest BCUT2D eigenvalue weighted by Crippen LogP contribution is 2.27. The van der Waals surface area contributed by atoms with Gasteiger partial charge in [-0.2, -0.15) is 0 Å².